The Kier molecular flexibility index (Phi) is 14.5. The molecule has 6 heteroatoms. The monoisotopic (exact) mass is 1280 g/mol. The van der Waals surface area contributed by atoms with Gasteiger partial charge in [-0.1, -0.05) is 156 Å². The Labute approximate surface area is 578 Å². The van der Waals surface area contributed by atoms with Crippen molar-refractivity contribution in [1.82, 2.24) is 28.7 Å². The number of nitrogens with zero attached hydrogens (tertiary/aromatic N) is 6. The topological polar surface area (TPSA) is 53.5 Å². The van der Waals surface area contributed by atoms with E-state index >= 15 is 0 Å². The minimum atomic E-state index is 0.614. The number of fused-ring (bicyclic) bond motifs is 9. The second-order valence-electron chi connectivity index (χ2n) is 28.0. The van der Waals surface area contributed by atoms with E-state index in [1.807, 2.05) is 36.4 Å². The van der Waals surface area contributed by atoms with Crippen molar-refractivity contribution in [3.05, 3.63) is 309 Å². The maximum absolute atomic E-state index is 5.14. The van der Waals surface area contributed by atoms with Gasteiger partial charge >= 0.3 is 0 Å². The summed E-state index contributed by atoms with van der Waals surface area (Å²) in [6.07, 6.45) is 0. The molecule has 0 fully saturated rings. The van der Waals surface area contributed by atoms with Gasteiger partial charge in [0, 0.05) is 66.1 Å². The maximum atomic E-state index is 5.14. The first kappa shape index (κ1) is 60.9. The highest BCUT2D eigenvalue weighted by atomic mass is 15.0. The Hall–Kier alpha value is -11.7. The first-order valence-electron chi connectivity index (χ1n) is 34.5. The Morgan fingerprint density at radius 3 is 0.677 bits per heavy atom. The van der Waals surface area contributed by atoms with Crippen molar-refractivity contribution in [2.75, 3.05) is 0 Å². The number of hydrogen-bond donors (Lipinski definition) is 0. The van der Waals surface area contributed by atoms with Gasteiger partial charge in [-0.05, 0) is 281 Å². The lowest BCUT2D eigenvalue weighted by molar-refractivity contribution is 1.07. The lowest BCUT2D eigenvalue weighted by atomic mass is 9.91. The van der Waals surface area contributed by atoms with Gasteiger partial charge in [-0.15, -0.1) is 0 Å². The zero-order chi connectivity index (χ0) is 67.8. The molecule has 0 saturated carbocycles. The van der Waals surface area contributed by atoms with Crippen LogP contribution >= 0.6 is 0 Å². The number of benzene rings is 13. The molecule has 0 spiro atoms. The Balaban J connectivity index is 0.901. The highest BCUT2D eigenvalue weighted by molar-refractivity contribution is 6.16. The second kappa shape index (κ2) is 23.5. The van der Waals surface area contributed by atoms with E-state index < -0.39 is 0 Å². The molecule has 0 aliphatic heterocycles. The van der Waals surface area contributed by atoms with E-state index in [1.165, 1.54) is 133 Å². The molecule has 4 aromatic heterocycles. The van der Waals surface area contributed by atoms with Gasteiger partial charge in [-0.25, -0.2) is 15.0 Å². The molecule has 0 amide bonds. The van der Waals surface area contributed by atoms with Crippen molar-refractivity contribution < 1.29 is 0 Å². The number of hydrogen-bond acceptors (Lipinski definition) is 3. The molecular weight excluding hydrogens is 1200 g/mol. The fourth-order valence-electron chi connectivity index (χ4n) is 17.0. The van der Waals surface area contributed by atoms with Gasteiger partial charge in [-0.2, -0.15) is 0 Å². The quantitative estimate of drug-likeness (QED) is 0.137. The predicted molar refractivity (Wildman–Crippen MR) is 418 cm³/mol. The van der Waals surface area contributed by atoms with Gasteiger partial charge in [0.05, 0.1) is 33.1 Å². The molecule has 478 valence electrons. The van der Waals surface area contributed by atoms with Crippen LogP contribution in [0.25, 0.3) is 161 Å². The minimum Gasteiger partial charge on any atom is -0.309 e. The lowest BCUT2D eigenvalue weighted by Gasteiger charge is -2.13. The van der Waals surface area contributed by atoms with Crippen LogP contribution in [0.3, 0.4) is 0 Å². The van der Waals surface area contributed by atoms with Gasteiger partial charge < -0.3 is 13.7 Å². The van der Waals surface area contributed by atoms with Crippen molar-refractivity contribution in [2.24, 2.45) is 0 Å². The summed E-state index contributed by atoms with van der Waals surface area (Å²) in [5, 5.41) is 7.18. The number of rotatable bonds is 10. The molecule has 0 aliphatic carbocycles. The van der Waals surface area contributed by atoms with Crippen LogP contribution in [0.2, 0.25) is 0 Å². The SMILES string of the molecule is Cc1cc(C)c(-c2ccc3c(c2)c2cc(-c4c(C)cc(C)cc4C)ccc2n3-c2ccc3c(c2)c2cc(-n4c5ccc(-c6c(C)cc(C)cc6C)cc5c5cc(-c6c(C)cc(C)cc6C)ccc54)ccc2n3-c2ccc(-c3nc(-c4ccccc4)nc(-c4ccccc4)n3)cc2)c(C)c1. The van der Waals surface area contributed by atoms with Crippen LogP contribution in [0.5, 0.6) is 0 Å². The summed E-state index contributed by atoms with van der Waals surface area (Å²) in [6, 6.07) is 90.5. The van der Waals surface area contributed by atoms with Crippen molar-refractivity contribution in [2.45, 2.75) is 83.1 Å². The summed E-state index contributed by atoms with van der Waals surface area (Å²) in [7, 11) is 0. The van der Waals surface area contributed by atoms with Crippen molar-refractivity contribution in [1.29, 1.82) is 0 Å². The molecule has 0 radical (unpaired) electrons. The maximum Gasteiger partial charge on any atom is 0.164 e. The molecule has 6 nitrogen and oxygen atoms in total. The highest BCUT2D eigenvalue weighted by Crippen LogP contribution is 2.45. The molecule has 17 aromatic rings. The second-order valence-corrected chi connectivity index (χ2v) is 28.0. The zero-order valence-electron chi connectivity index (χ0n) is 58.3. The molecule has 17 rings (SSSR count). The molecule has 4 heterocycles. The average molecular weight is 1280 g/mol. The molecule has 0 saturated heterocycles. The number of aromatic nitrogens is 6. The molecule has 99 heavy (non-hydrogen) atoms. The van der Waals surface area contributed by atoms with E-state index in [0.717, 1.165) is 77.6 Å². The van der Waals surface area contributed by atoms with Crippen molar-refractivity contribution in [3.8, 4) is 95.7 Å². The smallest absolute Gasteiger partial charge is 0.164 e. The van der Waals surface area contributed by atoms with E-state index in [0.29, 0.717) is 17.5 Å². The first-order chi connectivity index (χ1) is 48.0. The minimum absolute atomic E-state index is 0.614. The molecule has 0 unspecified atom stereocenters. The van der Waals surface area contributed by atoms with E-state index in [2.05, 4.69) is 303 Å². The third-order valence-corrected chi connectivity index (χ3v) is 20.7. The molecule has 0 atom stereocenters. The van der Waals surface area contributed by atoms with Crippen LogP contribution in [0.4, 0.5) is 0 Å². The lowest BCUT2D eigenvalue weighted by Crippen LogP contribution is -2.00. The van der Waals surface area contributed by atoms with Crippen LogP contribution in [0.1, 0.15) is 66.8 Å². The summed E-state index contributed by atoms with van der Waals surface area (Å²) in [4.78, 5) is 15.3. The average Bonchev–Trinajstić information content (AvgIpc) is 1.57. The summed E-state index contributed by atoms with van der Waals surface area (Å²) < 4.78 is 7.44. The zero-order valence-corrected chi connectivity index (χ0v) is 58.3. The van der Waals surface area contributed by atoms with E-state index in [9.17, 15) is 0 Å². The van der Waals surface area contributed by atoms with Crippen LogP contribution in [0.15, 0.2) is 243 Å². The third-order valence-electron chi connectivity index (χ3n) is 20.7. The van der Waals surface area contributed by atoms with Crippen LogP contribution < -0.4 is 0 Å². The molecule has 0 N–H and O–H groups in total. The fourth-order valence-corrected chi connectivity index (χ4v) is 17.0. The fraction of sp³-hybridized carbons (Fsp3) is 0.129. The molecule has 0 bridgehead atoms. The Morgan fingerprint density at radius 2 is 0.404 bits per heavy atom. The summed E-state index contributed by atoms with van der Waals surface area (Å²) in [5.74, 6) is 1.88. The van der Waals surface area contributed by atoms with E-state index in [4.69, 9.17) is 15.0 Å². The first-order valence-corrected chi connectivity index (χ1v) is 34.5. The molecular formula is C93H76N6. The van der Waals surface area contributed by atoms with E-state index in [1.54, 1.807) is 0 Å². The largest absolute Gasteiger partial charge is 0.309 e. The van der Waals surface area contributed by atoms with Gasteiger partial charge in [-0.3, -0.25) is 0 Å². The predicted octanol–water partition coefficient (Wildman–Crippen LogP) is 24.5. The van der Waals surface area contributed by atoms with Gasteiger partial charge in [0.1, 0.15) is 0 Å². The summed E-state index contributed by atoms with van der Waals surface area (Å²) >= 11 is 0. The summed E-state index contributed by atoms with van der Waals surface area (Å²) in [5.41, 5.74) is 38.3. The van der Waals surface area contributed by atoms with Gasteiger partial charge in [0.15, 0.2) is 17.5 Å². The normalized spacial score (nSPS) is 11.8. The molecule has 13 aromatic carbocycles. The van der Waals surface area contributed by atoms with Crippen LogP contribution in [0, 0.1) is 83.1 Å². The Bertz CT molecular complexity index is 5540. The Morgan fingerprint density at radius 1 is 0.192 bits per heavy atom. The van der Waals surface area contributed by atoms with Crippen LogP contribution in [-0.2, 0) is 0 Å². The van der Waals surface area contributed by atoms with Crippen molar-refractivity contribution in [3.63, 3.8) is 0 Å². The third kappa shape index (κ3) is 10.3. The van der Waals surface area contributed by atoms with Gasteiger partial charge in [0.2, 0.25) is 0 Å². The highest BCUT2D eigenvalue weighted by Gasteiger charge is 2.24. The van der Waals surface area contributed by atoms with Gasteiger partial charge in [0.25, 0.3) is 0 Å². The molecule has 0 aliphatic rings. The van der Waals surface area contributed by atoms with E-state index in [-0.39, 0.29) is 0 Å². The standard InChI is InChI=1S/C93H76N6/c1-53-39-57(5)87(58(6)40-53)68-25-33-81-75(47-68)76-48-69(88-59(7)41-54(2)42-60(88)8)26-34-82(76)98(81)73-31-37-85-79(51-73)80-52-74(32-38-86(80)97(85)72-29-23-67(24-30-72)93-95-91(65-19-15-13-16-20-65)94-92(96-93)66-21-17-14-18-22-66)99-83-35-27-70(89-61(9)43-55(3)44-62(89)10)49-77(83)78-50-71(28-36-84(78)99)90-63(11)45-56(4)46-64(90)12/h13-52H,1-12H3. The van der Waals surface area contributed by atoms with Crippen LogP contribution in [-0.4, -0.2) is 28.7 Å². The van der Waals surface area contributed by atoms with Crippen molar-refractivity contribution >= 4 is 65.4 Å². The number of aryl methyl sites for hydroxylation is 12. The summed E-state index contributed by atoms with van der Waals surface area (Å²) in [6.45, 7) is 26.8.